The number of hydrogen-bond donors (Lipinski definition) is 1. The van der Waals surface area contributed by atoms with Crippen molar-refractivity contribution in [2.45, 2.75) is 52.7 Å². The lowest BCUT2D eigenvalue weighted by Gasteiger charge is -2.24. The smallest absolute Gasteiger partial charge is 0.261 e. The number of rotatable bonds is 8. The van der Waals surface area contributed by atoms with Crippen LogP contribution in [0.1, 0.15) is 50.8 Å². The van der Waals surface area contributed by atoms with Crippen LogP contribution in [0.25, 0.3) is 0 Å². The van der Waals surface area contributed by atoms with Crippen LogP contribution in [0.5, 0.6) is 5.75 Å². The molecule has 2 aromatic rings. The van der Waals surface area contributed by atoms with Gasteiger partial charge in [0, 0.05) is 0 Å². The molecule has 25 heavy (non-hydrogen) atoms. The zero-order chi connectivity index (χ0) is 18.2. The molecule has 0 saturated carbocycles. The monoisotopic (exact) mass is 339 g/mol. The lowest BCUT2D eigenvalue weighted by atomic mass is 9.96. The second kappa shape index (κ2) is 9.26. The Morgan fingerprint density at radius 2 is 1.68 bits per heavy atom. The Kier molecular flexibility index (Phi) is 7.05. The van der Waals surface area contributed by atoms with E-state index in [-0.39, 0.29) is 11.9 Å². The summed E-state index contributed by atoms with van der Waals surface area (Å²) in [7, 11) is 0. The van der Waals surface area contributed by atoms with Crippen LogP contribution in [-0.2, 0) is 4.79 Å². The average molecular weight is 339 g/mol. The van der Waals surface area contributed by atoms with Crippen molar-refractivity contribution < 1.29 is 9.53 Å². The first-order valence-electron chi connectivity index (χ1n) is 9.08. The zero-order valence-electron chi connectivity index (χ0n) is 15.7. The van der Waals surface area contributed by atoms with E-state index >= 15 is 0 Å². The predicted molar refractivity (Wildman–Crippen MR) is 103 cm³/mol. The topological polar surface area (TPSA) is 38.3 Å². The van der Waals surface area contributed by atoms with E-state index < -0.39 is 6.10 Å². The summed E-state index contributed by atoms with van der Waals surface area (Å²) < 4.78 is 5.91. The first-order valence-corrected chi connectivity index (χ1v) is 9.08. The summed E-state index contributed by atoms with van der Waals surface area (Å²) >= 11 is 0. The highest BCUT2D eigenvalue weighted by Crippen LogP contribution is 2.22. The average Bonchev–Trinajstić information content (AvgIpc) is 2.61. The highest BCUT2D eigenvalue weighted by molar-refractivity contribution is 5.81. The molecule has 0 unspecified atom stereocenters. The van der Waals surface area contributed by atoms with Crippen LogP contribution in [0.15, 0.2) is 54.6 Å². The Bertz CT molecular complexity index is 649. The summed E-state index contributed by atoms with van der Waals surface area (Å²) in [6.07, 6.45) is 1.04. The summed E-state index contributed by atoms with van der Waals surface area (Å²) in [6.45, 7) is 8.34. The predicted octanol–water partition coefficient (Wildman–Crippen LogP) is 5.06. The molecular weight excluding hydrogens is 310 g/mol. The quantitative estimate of drug-likeness (QED) is 0.730. The minimum absolute atomic E-state index is 0.00404. The molecule has 0 radical (unpaired) electrons. The highest BCUT2D eigenvalue weighted by Gasteiger charge is 2.23. The highest BCUT2D eigenvalue weighted by atomic mass is 16.5. The number of ether oxygens (including phenoxy) is 1. The molecule has 0 aromatic heterocycles. The Labute approximate surface area is 151 Å². The third-order valence-electron chi connectivity index (χ3n) is 4.19. The fraction of sp³-hybridized carbons (Fsp3) is 0.409. The number of carbonyl (C=O) groups excluding carboxylic acids is 1. The third-order valence-corrected chi connectivity index (χ3v) is 4.19. The maximum Gasteiger partial charge on any atom is 0.261 e. The molecule has 3 heteroatoms. The molecule has 0 spiro atoms. The molecule has 0 aliphatic rings. The minimum Gasteiger partial charge on any atom is -0.481 e. The lowest BCUT2D eigenvalue weighted by molar-refractivity contribution is -0.129. The Hall–Kier alpha value is -2.29. The first kappa shape index (κ1) is 19.0. The molecule has 1 N–H and O–H groups in total. The fourth-order valence-electron chi connectivity index (χ4n) is 2.80. The lowest BCUT2D eigenvalue weighted by Crippen LogP contribution is -2.40. The van der Waals surface area contributed by atoms with Gasteiger partial charge in [-0.25, -0.2) is 0 Å². The van der Waals surface area contributed by atoms with E-state index in [1.807, 2.05) is 56.3 Å². The van der Waals surface area contributed by atoms with Gasteiger partial charge in [0.15, 0.2) is 6.10 Å². The van der Waals surface area contributed by atoms with Gasteiger partial charge in [0.25, 0.3) is 5.91 Å². The number of carbonyl (C=O) groups is 1. The van der Waals surface area contributed by atoms with Crippen LogP contribution in [0.3, 0.4) is 0 Å². The second-order valence-electron chi connectivity index (χ2n) is 6.93. The van der Waals surface area contributed by atoms with Gasteiger partial charge in [0.2, 0.25) is 0 Å². The molecule has 2 atom stereocenters. The van der Waals surface area contributed by atoms with E-state index in [4.69, 9.17) is 4.74 Å². The summed E-state index contributed by atoms with van der Waals surface area (Å²) in [6, 6.07) is 17.9. The Morgan fingerprint density at radius 3 is 2.24 bits per heavy atom. The molecular formula is C22H29NO2. The molecule has 0 fully saturated rings. The molecule has 0 saturated heterocycles. The molecule has 0 aliphatic carbocycles. The molecule has 2 aromatic carbocycles. The van der Waals surface area contributed by atoms with Gasteiger partial charge >= 0.3 is 0 Å². The molecule has 0 bridgehead atoms. The fourth-order valence-corrected chi connectivity index (χ4v) is 2.80. The van der Waals surface area contributed by atoms with Crippen LogP contribution >= 0.6 is 0 Å². The summed E-state index contributed by atoms with van der Waals surface area (Å²) in [4.78, 5) is 12.8. The van der Waals surface area contributed by atoms with Crippen molar-refractivity contribution >= 4 is 5.91 Å². The van der Waals surface area contributed by atoms with Gasteiger partial charge in [-0.15, -0.1) is 0 Å². The summed E-state index contributed by atoms with van der Waals surface area (Å²) in [5, 5.41) is 3.18. The molecule has 0 heterocycles. The maximum absolute atomic E-state index is 12.8. The van der Waals surface area contributed by atoms with Gasteiger partial charge in [-0.3, -0.25) is 4.79 Å². The number of benzene rings is 2. The number of aryl methyl sites for hydroxylation is 1. The van der Waals surface area contributed by atoms with Crippen LogP contribution < -0.4 is 10.1 Å². The number of hydrogen-bond acceptors (Lipinski definition) is 2. The molecule has 1 amide bonds. The van der Waals surface area contributed by atoms with Crippen molar-refractivity contribution in [2.75, 3.05) is 0 Å². The molecule has 134 valence electrons. The van der Waals surface area contributed by atoms with Gasteiger partial charge in [-0.1, -0.05) is 68.8 Å². The van der Waals surface area contributed by atoms with Gasteiger partial charge in [-0.2, -0.15) is 0 Å². The van der Waals surface area contributed by atoms with E-state index in [1.54, 1.807) is 0 Å². The largest absolute Gasteiger partial charge is 0.481 e. The molecule has 2 rings (SSSR count). The van der Waals surface area contributed by atoms with E-state index in [0.717, 1.165) is 17.7 Å². The molecule has 0 aliphatic heterocycles. The van der Waals surface area contributed by atoms with E-state index in [1.165, 1.54) is 5.56 Å². The SMILES string of the molecule is CC[C@@H](Oc1ccc(C)cc1)C(=O)N[C@@H](CC(C)C)c1ccccc1. The van der Waals surface area contributed by atoms with Gasteiger partial charge in [-0.05, 0) is 43.4 Å². The van der Waals surface area contributed by atoms with Gasteiger partial charge in [0.1, 0.15) is 5.75 Å². The standard InChI is InChI=1S/C22H29NO2/c1-5-21(25-19-13-11-17(4)12-14-19)22(24)23-20(15-16(2)3)18-9-7-6-8-10-18/h6-14,16,20-21H,5,15H2,1-4H3,(H,23,24)/t20-,21+/m0/s1. The summed E-state index contributed by atoms with van der Waals surface area (Å²) in [5.41, 5.74) is 2.31. The van der Waals surface area contributed by atoms with Crippen LogP contribution in [0.4, 0.5) is 0 Å². The Morgan fingerprint density at radius 1 is 1.04 bits per heavy atom. The van der Waals surface area contributed by atoms with Crippen molar-refractivity contribution in [1.82, 2.24) is 5.32 Å². The normalized spacial score (nSPS) is 13.3. The second-order valence-corrected chi connectivity index (χ2v) is 6.93. The van der Waals surface area contributed by atoms with Crippen LogP contribution in [0.2, 0.25) is 0 Å². The zero-order valence-corrected chi connectivity index (χ0v) is 15.7. The van der Waals surface area contributed by atoms with Crippen molar-refractivity contribution in [3.63, 3.8) is 0 Å². The van der Waals surface area contributed by atoms with Crippen molar-refractivity contribution in [2.24, 2.45) is 5.92 Å². The number of amides is 1. The maximum atomic E-state index is 12.8. The van der Waals surface area contributed by atoms with E-state index in [0.29, 0.717) is 12.3 Å². The Balaban J connectivity index is 2.08. The third kappa shape index (κ3) is 5.93. The van der Waals surface area contributed by atoms with Gasteiger partial charge < -0.3 is 10.1 Å². The first-order chi connectivity index (χ1) is 12.0. The van der Waals surface area contributed by atoms with Gasteiger partial charge in [0.05, 0.1) is 6.04 Å². The summed E-state index contributed by atoms with van der Waals surface area (Å²) in [5.74, 6) is 1.16. The minimum atomic E-state index is -0.485. The van der Waals surface area contributed by atoms with Crippen molar-refractivity contribution in [1.29, 1.82) is 0 Å². The van der Waals surface area contributed by atoms with Crippen LogP contribution in [0, 0.1) is 12.8 Å². The number of nitrogens with one attached hydrogen (secondary N) is 1. The van der Waals surface area contributed by atoms with Crippen LogP contribution in [-0.4, -0.2) is 12.0 Å². The van der Waals surface area contributed by atoms with Crippen molar-refractivity contribution in [3.8, 4) is 5.75 Å². The van der Waals surface area contributed by atoms with E-state index in [9.17, 15) is 4.79 Å². The van der Waals surface area contributed by atoms with E-state index in [2.05, 4.69) is 31.3 Å². The molecule has 3 nitrogen and oxygen atoms in total. The van der Waals surface area contributed by atoms with Crippen molar-refractivity contribution in [3.05, 3.63) is 65.7 Å².